The summed E-state index contributed by atoms with van der Waals surface area (Å²) < 4.78 is 15.8. The van der Waals surface area contributed by atoms with E-state index in [2.05, 4.69) is 10.6 Å². The van der Waals surface area contributed by atoms with Crippen LogP contribution in [-0.4, -0.2) is 69.9 Å². The highest BCUT2D eigenvalue weighted by Crippen LogP contribution is 2.18. The van der Waals surface area contributed by atoms with Gasteiger partial charge in [0.1, 0.15) is 12.4 Å². The summed E-state index contributed by atoms with van der Waals surface area (Å²) >= 11 is 0. The monoisotopic (exact) mass is 413 g/mol. The van der Waals surface area contributed by atoms with Gasteiger partial charge in [-0.2, -0.15) is 0 Å². The van der Waals surface area contributed by atoms with Gasteiger partial charge in [-0.05, 0) is 30.3 Å². The van der Waals surface area contributed by atoms with Crippen molar-refractivity contribution in [1.29, 1.82) is 0 Å². The number of carbonyl (C=O) groups is 2. The van der Waals surface area contributed by atoms with Gasteiger partial charge < -0.3 is 29.7 Å². The van der Waals surface area contributed by atoms with Crippen molar-refractivity contribution in [2.75, 3.05) is 63.8 Å². The van der Waals surface area contributed by atoms with Crippen LogP contribution in [0.1, 0.15) is 10.4 Å². The predicted molar refractivity (Wildman–Crippen MR) is 114 cm³/mol. The summed E-state index contributed by atoms with van der Waals surface area (Å²) in [5.74, 6) is 0.428. The van der Waals surface area contributed by atoms with Crippen molar-refractivity contribution in [3.05, 3.63) is 54.1 Å². The molecule has 2 aromatic carbocycles. The summed E-state index contributed by atoms with van der Waals surface area (Å²) in [7, 11) is 1.61. The maximum atomic E-state index is 12.6. The number of morpholine rings is 1. The zero-order valence-electron chi connectivity index (χ0n) is 17.1. The summed E-state index contributed by atoms with van der Waals surface area (Å²) in [6.07, 6.45) is 0. The molecular weight excluding hydrogens is 386 g/mol. The van der Waals surface area contributed by atoms with E-state index in [0.717, 1.165) is 0 Å². The summed E-state index contributed by atoms with van der Waals surface area (Å²) in [6.45, 7) is 3.30. The third kappa shape index (κ3) is 6.47. The molecule has 2 N–H and O–H groups in total. The number of nitrogens with zero attached hydrogens (tertiary/aromatic N) is 1. The van der Waals surface area contributed by atoms with E-state index in [1.54, 1.807) is 42.3 Å². The molecule has 1 fully saturated rings. The molecule has 3 rings (SSSR count). The van der Waals surface area contributed by atoms with Crippen LogP contribution in [0.4, 0.5) is 11.4 Å². The Balaban J connectivity index is 1.51. The van der Waals surface area contributed by atoms with E-state index in [4.69, 9.17) is 14.2 Å². The number of amides is 2. The van der Waals surface area contributed by atoms with Crippen molar-refractivity contribution >= 4 is 23.2 Å². The van der Waals surface area contributed by atoms with Crippen LogP contribution in [0, 0.1) is 0 Å². The molecule has 0 atom stereocenters. The molecule has 0 saturated carbocycles. The average Bonchev–Trinajstić information content (AvgIpc) is 2.78. The van der Waals surface area contributed by atoms with Gasteiger partial charge in [0.15, 0.2) is 0 Å². The minimum atomic E-state index is -0.200. The molecule has 2 aromatic rings. The van der Waals surface area contributed by atoms with Crippen LogP contribution >= 0.6 is 0 Å². The van der Waals surface area contributed by atoms with E-state index in [-0.39, 0.29) is 18.4 Å². The van der Waals surface area contributed by atoms with Gasteiger partial charge in [0, 0.05) is 43.2 Å². The summed E-state index contributed by atoms with van der Waals surface area (Å²) in [5, 5.41) is 5.89. The fourth-order valence-corrected chi connectivity index (χ4v) is 3.01. The number of ether oxygens (including phenoxy) is 3. The second-order valence-electron chi connectivity index (χ2n) is 6.76. The van der Waals surface area contributed by atoms with Gasteiger partial charge in [0.05, 0.1) is 26.4 Å². The van der Waals surface area contributed by atoms with Crippen molar-refractivity contribution in [2.24, 2.45) is 0 Å². The first kappa shape index (κ1) is 21.6. The normalized spacial score (nSPS) is 13.6. The fourth-order valence-electron chi connectivity index (χ4n) is 3.01. The number of anilines is 2. The van der Waals surface area contributed by atoms with Gasteiger partial charge >= 0.3 is 0 Å². The highest BCUT2D eigenvalue weighted by atomic mass is 16.5. The second-order valence-corrected chi connectivity index (χ2v) is 6.76. The van der Waals surface area contributed by atoms with E-state index in [0.29, 0.717) is 62.2 Å². The lowest BCUT2D eigenvalue weighted by Gasteiger charge is -2.27. The molecule has 0 aromatic heterocycles. The molecule has 0 spiro atoms. The Bertz CT molecular complexity index is 852. The van der Waals surface area contributed by atoms with E-state index < -0.39 is 0 Å². The highest BCUT2D eigenvalue weighted by Gasteiger charge is 2.18. The van der Waals surface area contributed by atoms with Crippen molar-refractivity contribution in [3.63, 3.8) is 0 Å². The molecule has 160 valence electrons. The van der Waals surface area contributed by atoms with Crippen LogP contribution in [0.2, 0.25) is 0 Å². The first-order valence-corrected chi connectivity index (χ1v) is 9.88. The van der Waals surface area contributed by atoms with Gasteiger partial charge in [-0.3, -0.25) is 9.59 Å². The van der Waals surface area contributed by atoms with Crippen LogP contribution in [0.15, 0.2) is 48.5 Å². The smallest absolute Gasteiger partial charge is 0.254 e. The molecule has 30 heavy (non-hydrogen) atoms. The zero-order chi connectivity index (χ0) is 21.2. The van der Waals surface area contributed by atoms with Gasteiger partial charge in [0.25, 0.3) is 5.91 Å². The predicted octanol–water partition coefficient (Wildman–Crippen LogP) is 2.23. The average molecular weight is 413 g/mol. The molecule has 1 aliphatic heterocycles. The molecule has 0 unspecified atom stereocenters. The maximum Gasteiger partial charge on any atom is 0.254 e. The molecule has 1 heterocycles. The molecule has 0 radical (unpaired) electrons. The molecule has 2 amide bonds. The van der Waals surface area contributed by atoms with E-state index >= 15 is 0 Å². The Morgan fingerprint density at radius 3 is 2.60 bits per heavy atom. The molecule has 1 saturated heterocycles. The fraction of sp³-hybridized carbons (Fsp3) is 0.364. The third-order valence-corrected chi connectivity index (χ3v) is 4.53. The largest absolute Gasteiger partial charge is 0.491 e. The quantitative estimate of drug-likeness (QED) is 0.613. The number of hydrogen-bond donors (Lipinski definition) is 2. The number of carbonyl (C=O) groups excluding carboxylic acids is 2. The van der Waals surface area contributed by atoms with E-state index in [1.165, 1.54) is 0 Å². The first-order valence-electron chi connectivity index (χ1n) is 9.88. The SMILES string of the molecule is COCCOc1cccc(NC(=O)CNc2cccc(C(=O)N3CCOCC3)c2)c1. The molecule has 0 aliphatic carbocycles. The van der Waals surface area contributed by atoms with Crippen molar-refractivity contribution in [2.45, 2.75) is 0 Å². The lowest BCUT2D eigenvalue weighted by molar-refractivity contribution is -0.114. The maximum absolute atomic E-state index is 12.6. The number of methoxy groups -OCH3 is 1. The van der Waals surface area contributed by atoms with Crippen LogP contribution in [0.3, 0.4) is 0 Å². The Hall–Kier alpha value is -3.10. The van der Waals surface area contributed by atoms with E-state index in [9.17, 15) is 9.59 Å². The summed E-state index contributed by atoms with van der Waals surface area (Å²) in [6, 6.07) is 14.3. The van der Waals surface area contributed by atoms with E-state index in [1.807, 2.05) is 18.2 Å². The van der Waals surface area contributed by atoms with Crippen LogP contribution in [-0.2, 0) is 14.3 Å². The first-order chi connectivity index (χ1) is 14.7. The van der Waals surface area contributed by atoms with Crippen molar-refractivity contribution in [1.82, 2.24) is 4.90 Å². The number of hydrogen-bond acceptors (Lipinski definition) is 6. The van der Waals surface area contributed by atoms with Crippen LogP contribution < -0.4 is 15.4 Å². The lowest BCUT2D eigenvalue weighted by atomic mass is 10.1. The van der Waals surface area contributed by atoms with Gasteiger partial charge in [0.2, 0.25) is 5.91 Å². The van der Waals surface area contributed by atoms with Gasteiger partial charge in [-0.15, -0.1) is 0 Å². The Morgan fingerprint density at radius 2 is 1.80 bits per heavy atom. The molecule has 8 heteroatoms. The van der Waals surface area contributed by atoms with Gasteiger partial charge in [-0.1, -0.05) is 12.1 Å². The number of rotatable bonds is 9. The summed E-state index contributed by atoms with van der Waals surface area (Å²) in [4.78, 5) is 26.7. The lowest BCUT2D eigenvalue weighted by Crippen LogP contribution is -2.40. The molecule has 1 aliphatic rings. The van der Waals surface area contributed by atoms with Crippen molar-refractivity contribution in [3.8, 4) is 5.75 Å². The highest BCUT2D eigenvalue weighted by molar-refractivity contribution is 5.96. The Labute approximate surface area is 176 Å². The number of benzene rings is 2. The zero-order valence-corrected chi connectivity index (χ0v) is 17.1. The topological polar surface area (TPSA) is 89.1 Å². The number of nitrogens with one attached hydrogen (secondary N) is 2. The minimum Gasteiger partial charge on any atom is -0.491 e. The Kier molecular flexibility index (Phi) is 8.05. The second kappa shape index (κ2) is 11.2. The molecule has 0 bridgehead atoms. The standard InChI is InChI=1S/C22H27N3O5/c1-28-12-13-30-20-7-3-6-19(15-20)24-21(26)16-23-18-5-2-4-17(14-18)22(27)25-8-10-29-11-9-25/h2-7,14-15,23H,8-13,16H2,1H3,(H,24,26). The van der Waals surface area contributed by atoms with Crippen molar-refractivity contribution < 1.29 is 23.8 Å². The molecule has 8 nitrogen and oxygen atoms in total. The third-order valence-electron chi connectivity index (χ3n) is 4.53. The Morgan fingerprint density at radius 1 is 1.03 bits per heavy atom. The van der Waals surface area contributed by atoms with Crippen LogP contribution in [0.25, 0.3) is 0 Å². The minimum absolute atomic E-state index is 0.0308. The molecular formula is C22H27N3O5. The van der Waals surface area contributed by atoms with Gasteiger partial charge in [-0.25, -0.2) is 0 Å². The summed E-state index contributed by atoms with van der Waals surface area (Å²) in [5.41, 5.74) is 1.94. The van der Waals surface area contributed by atoms with Crippen LogP contribution in [0.5, 0.6) is 5.75 Å².